The van der Waals surface area contributed by atoms with Crippen LogP contribution in [-0.4, -0.2) is 19.0 Å². The van der Waals surface area contributed by atoms with E-state index in [0.717, 1.165) is 6.42 Å². The third kappa shape index (κ3) is 4.64. The smallest absolute Gasteiger partial charge is 0.236 e. The molecule has 1 aromatic carbocycles. The standard InChI is InChI=1S/C17H28N2O/c1-11(2)9-16(17(20)18-6)19-14(5)15-8-7-12(3)13(4)10-15/h7-8,10-11,14,16,19H,9H2,1-6H3,(H,18,20). The van der Waals surface area contributed by atoms with Gasteiger partial charge in [-0.25, -0.2) is 0 Å². The Hall–Kier alpha value is -1.35. The van der Waals surface area contributed by atoms with Gasteiger partial charge in [-0.2, -0.15) is 0 Å². The fourth-order valence-corrected chi connectivity index (χ4v) is 2.33. The minimum Gasteiger partial charge on any atom is -0.358 e. The Morgan fingerprint density at radius 3 is 2.30 bits per heavy atom. The fraction of sp³-hybridized carbons (Fsp3) is 0.588. The second kappa shape index (κ2) is 7.44. The van der Waals surface area contributed by atoms with Crippen LogP contribution >= 0.6 is 0 Å². The van der Waals surface area contributed by atoms with Crippen molar-refractivity contribution in [3.8, 4) is 0 Å². The molecule has 0 aromatic heterocycles. The molecule has 20 heavy (non-hydrogen) atoms. The number of benzene rings is 1. The zero-order valence-electron chi connectivity index (χ0n) is 13.6. The average Bonchev–Trinajstić information content (AvgIpc) is 2.39. The summed E-state index contributed by atoms with van der Waals surface area (Å²) >= 11 is 0. The molecule has 1 amide bonds. The monoisotopic (exact) mass is 276 g/mol. The molecule has 0 aliphatic heterocycles. The maximum atomic E-state index is 12.0. The largest absolute Gasteiger partial charge is 0.358 e. The Morgan fingerprint density at radius 1 is 1.15 bits per heavy atom. The predicted octanol–water partition coefficient (Wildman–Crippen LogP) is 3.11. The maximum absolute atomic E-state index is 12.0. The van der Waals surface area contributed by atoms with Gasteiger partial charge in [-0.3, -0.25) is 10.1 Å². The first-order valence-electron chi connectivity index (χ1n) is 7.40. The summed E-state index contributed by atoms with van der Waals surface area (Å²) in [6.07, 6.45) is 0.842. The van der Waals surface area contributed by atoms with Crippen molar-refractivity contribution in [1.29, 1.82) is 0 Å². The third-order valence-electron chi connectivity index (χ3n) is 3.75. The van der Waals surface area contributed by atoms with E-state index in [1.54, 1.807) is 7.05 Å². The van der Waals surface area contributed by atoms with Crippen molar-refractivity contribution in [3.63, 3.8) is 0 Å². The van der Waals surface area contributed by atoms with Crippen LogP contribution < -0.4 is 10.6 Å². The van der Waals surface area contributed by atoms with Gasteiger partial charge in [0.05, 0.1) is 6.04 Å². The lowest BCUT2D eigenvalue weighted by atomic mass is 9.98. The number of carbonyl (C=O) groups excluding carboxylic acids is 1. The molecule has 0 heterocycles. The summed E-state index contributed by atoms with van der Waals surface area (Å²) in [5.74, 6) is 0.547. The minimum absolute atomic E-state index is 0.0642. The lowest BCUT2D eigenvalue weighted by Gasteiger charge is -2.24. The van der Waals surface area contributed by atoms with Crippen LogP contribution in [-0.2, 0) is 4.79 Å². The van der Waals surface area contributed by atoms with E-state index >= 15 is 0 Å². The van der Waals surface area contributed by atoms with Gasteiger partial charge in [-0.05, 0) is 49.8 Å². The number of hydrogen-bond acceptors (Lipinski definition) is 2. The van der Waals surface area contributed by atoms with E-state index in [2.05, 4.69) is 63.5 Å². The molecule has 1 rings (SSSR count). The summed E-state index contributed by atoms with van der Waals surface area (Å²) in [4.78, 5) is 12.0. The molecule has 2 N–H and O–H groups in total. The summed E-state index contributed by atoms with van der Waals surface area (Å²) in [6.45, 7) is 10.6. The Morgan fingerprint density at radius 2 is 1.80 bits per heavy atom. The molecule has 2 atom stereocenters. The van der Waals surface area contributed by atoms with Gasteiger partial charge in [0.2, 0.25) is 5.91 Å². The number of likely N-dealkylation sites (N-methyl/N-ethyl adjacent to an activating group) is 1. The Bertz CT molecular complexity index is 454. The number of nitrogens with one attached hydrogen (secondary N) is 2. The molecule has 0 aliphatic carbocycles. The zero-order chi connectivity index (χ0) is 15.3. The molecule has 2 unspecified atom stereocenters. The highest BCUT2D eigenvalue weighted by Crippen LogP contribution is 2.18. The first-order chi connectivity index (χ1) is 9.35. The van der Waals surface area contributed by atoms with E-state index in [4.69, 9.17) is 0 Å². The van der Waals surface area contributed by atoms with Crippen LogP contribution in [0.3, 0.4) is 0 Å². The number of rotatable bonds is 6. The molecule has 0 saturated heterocycles. The molecule has 0 saturated carbocycles. The van der Waals surface area contributed by atoms with E-state index in [0.29, 0.717) is 5.92 Å². The summed E-state index contributed by atoms with van der Waals surface area (Å²) in [6, 6.07) is 6.49. The van der Waals surface area contributed by atoms with Crippen molar-refractivity contribution >= 4 is 5.91 Å². The highest BCUT2D eigenvalue weighted by Gasteiger charge is 2.21. The normalized spacial score (nSPS) is 14.2. The summed E-state index contributed by atoms with van der Waals surface area (Å²) in [5.41, 5.74) is 3.81. The first-order valence-corrected chi connectivity index (χ1v) is 7.40. The molecule has 3 nitrogen and oxygen atoms in total. The Balaban J connectivity index is 2.81. The molecule has 0 aliphatic rings. The number of amides is 1. The topological polar surface area (TPSA) is 41.1 Å². The number of aryl methyl sites for hydroxylation is 2. The van der Waals surface area contributed by atoms with Gasteiger partial charge >= 0.3 is 0 Å². The van der Waals surface area contributed by atoms with Crippen molar-refractivity contribution in [3.05, 3.63) is 34.9 Å². The molecule has 0 bridgehead atoms. The van der Waals surface area contributed by atoms with E-state index in [1.807, 2.05) is 0 Å². The van der Waals surface area contributed by atoms with Crippen molar-refractivity contribution in [1.82, 2.24) is 10.6 Å². The summed E-state index contributed by atoms with van der Waals surface area (Å²) in [7, 11) is 1.69. The van der Waals surface area contributed by atoms with E-state index in [9.17, 15) is 4.79 Å². The zero-order valence-corrected chi connectivity index (χ0v) is 13.6. The lowest BCUT2D eigenvalue weighted by molar-refractivity contribution is -0.123. The molecular weight excluding hydrogens is 248 g/mol. The van der Waals surface area contributed by atoms with Crippen molar-refractivity contribution in [2.24, 2.45) is 5.92 Å². The molecule has 0 radical (unpaired) electrons. The van der Waals surface area contributed by atoms with Gasteiger partial charge in [0.25, 0.3) is 0 Å². The quantitative estimate of drug-likeness (QED) is 0.838. The average molecular weight is 276 g/mol. The Labute approximate surface area is 123 Å². The highest BCUT2D eigenvalue weighted by atomic mass is 16.2. The highest BCUT2D eigenvalue weighted by molar-refractivity contribution is 5.81. The van der Waals surface area contributed by atoms with Crippen LogP contribution in [0.15, 0.2) is 18.2 Å². The van der Waals surface area contributed by atoms with E-state index in [-0.39, 0.29) is 18.0 Å². The second-order valence-corrected chi connectivity index (χ2v) is 6.03. The number of carbonyl (C=O) groups is 1. The van der Waals surface area contributed by atoms with Gasteiger partial charge in [0.15, 0.2) is 0 Å². The van der Waals surface area contributed by atoms with Gasteiger partial charge in [-0.15, -0.1) is 0 Å². The van der Waals surface area contributed by atoms with Crippen LogP contribution in [0.5, 0.6) is 0 Å². The molecule has 3 heteroatoms. The second-order valence-electron chi connectivity index (χ2n) is 6.03. The van der Waals surface area contributed by atoms with Gasteiger partial charge < -0.3 is 5.32 Å². The van der Waals surface area contributed by atoms with E-state index in [1.165, 1.54) is 16.7 Å². The number of hydrogen-bond donors (Lipinski definition) is 2. The van der Waals surface area contributed by atoms with Crippen LogP contribution in [0, 0.1) is 19.8 Å². The Kier molecular flexibility index (Phi) is 6.21. The summed E-state index contributed by atoms with van der Waals surface area (Å²) in [5, 5.41) is 6.20. The van der Waals surface area contributed by atoms with Crippen molar-refractivity contribution in [2.75, 3.05) is 7.05 Å². The third-order valence-corrected chi connectivity index (χ3v) is 3.75. The predicted molar refractivity (Wildman–Crippen MR) is 84.8 cm³/mol. The first kappa shape index (κ1) is 16.7. The molecule has 0 spiro atoms. The molecule has 1 aromatic rings. The van der Waals surface area contributed by atoms with Crippen molar-refractivity contribution in [2.45, 2.75) is 53.1 Å². The van der Waals surface area contributed by atoms with Gasteiger partial charge in [0, 0.05) is 13.1 Å². The molecule has 112 valence electrons. The van der Waals surface area contributed by atoms with Gasteiger partial charge in [-0.1, -0.05) is 32.0 Å². The SMILES string of the molecule is CNC(=O)C(CC(C)C)NC(C)c1ccc(C)c(C)c1. The van der Waals surface area contributed by atoms with Crippen LogP contribution in [0.1, 0.15) is 49.9 Å². The minimum atomic E-state index is -0.142. The van der Waals surface area contributed by atoms with Crippen LogP contribution in [0.2, 0.25) is 0 Å². The lowest BCUT2D eigenvalue weighted by Crippen LogP contribution is -2.44. The molecular formula is C17H28N2O. The fourth-order valence-electron chi connectivity index (χ4n) is 2.33. The molecule has 0 fully saturated rings. The maximum Gasteiger partial charge on any atom is 0.236 e. The van der Waals surface area contributed by atoms with Gasteiger partial charge in [0.1, 0.15) is 0 Å². The van der Waals surface area contributed by atoms with Crippen molar-refractivity contribution < 1.29 is 4.79 Å². The van der Waals surface area contributed by atoms with E-state index < -0.39 is 0 Å². The summed E-state index contributed by atoms with van der Waals surface area (Å²) < 4.78 is 0. The van der Waals surface area contributed by atoms with Crippen LogP contribution in [0.4, 0.5) is 0 Å². The van der Waals surface area contributed by atoms with Crippen LogP contribution in [0.25, 0.3) is 0 Å².